The Kier molecular flexibility index (Phi) is 7.88. The number of carbonyl (C=O) groups excluding carboxylic acids is 3. The first-order valence-corrected chi connectivity index (χ1v) is 15.6. The van der Waals surface area contributed by atoms with Gasteiger partial charge in [0.2, 0.25) is 5.78 Å². The first-order valence-electron chi connectivity index (χ1n) is 15.6. The lowest BCUT2D eigenvalue weighted by atomic mass is 9.57. The van der Waals surface area contributed by atoms with Gasteiger partial charge in [-0.25, -0.2) is 0 Å². The van der Waals surface area contributed by atoms with E-state index in [1.165, 1.54) is 11.0 Å². The van der Waals surface area contributed by atoms with Crippen LogP contribution in [-0.4, -0.2) is 98.7 Å². The SMILES string of the molecule is CN(C)[C@@H]1C(=O)C(C(N)=O)=C(O)[C@@]2(O)C(=O)C3=C(O)c4c(O)ccc(C5=CCN(C6CCC(C(F)(F)F)CC6)CC5)c4C[C@H]3C[C@@H]12. The van der Waals surface area contributed by atoms with Gasteiger partial charge in [0.1, 0.15) is 22.8 Å². The summed E-state index contributed by atoms with van der Waals surface area (Å²) >= 11 is 0. The first-order chi connectivity index (χ1) is 21.6. The third-order valence-electron chi connectivity index (χ3n) is 10.9. The van der Waals surface area contributed by atoms with Crippen LogP contribution in [0.4, 0.5) is 13.2 Å². The molecule has 4 atom stereocenters. The minimum Gasteiger partial charge on any atom is -0.508 e. The fourth-order valence-electron chi connectivity index (χ4n) is 8.57. The van der Waals surface area contributed by atoms with Gasteiger partial charge in [-0.3, -0.25) is 24.2 Å². The predicted octanol–water partition coefficient (Wildman–Crippen LogP) is 3.17. The molecule has 0 saturated heterocycles. The molecule has 1 aromatic rings. The number of fused-ring (bicyclic) bond motifs is 3. The Bertz CT molecular complexity index is 1610. The fourth-order valence-corrected chi connectivity index (χ4v) is 8.57. The molecule has 13 heteroatoms. The van der Waals surface area contributed by atoms with Crippen LogP contribution in [0.3, 0.4) is 0 Å². The molecule has 0 bridgehead atoms. The minimum absolute atomic E-state index is 0.00567. The van der Waals surface area contributed by atoms with Crippen LogP contribution in [0.2, 0.25) is 0 Å². The highest BCUT2D eigenvalue weighted by Crippen LogP contribution is 2.53. The van der Waals surface area contributed by atoms with E-state index in [9.17, 15) is 48.0 Å². The summed E-state index contributed by atoms with van der Waals surface area (Å²) < 4.78 is 39.5. The zero-order valence-corrected chi connectivity index (χ0v) is 25.6. The Morgan fingerprint density at radius 3 is 2.33 bits per heavy atom. The van der Waals surface area contributed by atoms with E-state index in [1.54, 1.807) is 20.2 Å². The van der Waals surface area contributed by atoms with Gasteiger partial charge in [0.15, 0.2) is 11.4 Å². The maximum atomic E-state index is 14.0. The maximum Gasteiger partial charge on any atom is 0.391 e. The van der Waals surface area contributed by atoms with Gasteiger partial charge in [0.05, 0.1) is 17.5 Å². The predicted molar refractivity (Wildman–Crippen MR) is 160 cm³/mol. The molecule has 46 heavy (non-hydrogen) atoms. The summed E-state index contributed by atoms with van der Waals surface area (Å²) in [6.45, 7) is 1.17. The molecule has 6 N–H and O–H groups in total. The molecule has 0 unspecified atom stereocenters. The fraction of sp³-hybridized carbons (Fsp3) is 0.545. The number of alkyl halides is 3. The van der Waals surface area contributed by atoms with E-state index in [0.717, 1.165) is 11.1 Å². The average molecular weight is 646 g/mol. The minimum atomic E-state index is -4.16. The van der Waals surface area contributed by atoms with Crippen LogP contribution in [0, 0.1) is 17.8 Å². The Hall–Kier alpha value is -3.68. The second-order valence-electron chi connectivity index (χ2n) is 13.5. The second kappa shape index (κ2) is 11.2. The van der Waals surface area contributed by atoms with Crippen molar-refractivity contribution in [2.75, 3.05) is 27.2 Å². The number of aromatic hydroxyl groups is 1. The molecule has 2 fully saturated rings. The lowest BCUT2D eigenvalue weighted by Crippen LogP contribution is -2.65. The zero-order chi connectivity index (χ0) is 33.5. The van der Waals surface area contributed by atoms with Crippen LogP contribution in [0.25, 0.3) is 11.3 Å². The molecule has 1 amide bonds. The number of aliphatic hydroxyl groups excluding tert-OH is 2. The second-order valence-corrected chi connectivity index (χ2v) is 13.5. The summed E-state index contributed by atoms with van der Waals surface area (Å²) in [4.78, 5) is 43.2. The van der Waals surface area contributed by atoms with Gasteiger partial charge in [-0.05, 0) is 87.7 Å². The summed E-state index contributed by atoms with van der Waals surface area (Å²) in [7, 11) is 3.09. The molecule has 1 aromatic carbocycles. The molecule has 0 spiro atoms. The number of likely N-dealkylation sites (N-methyl/N-ethyl adjacent to an activating group) is 1. The van der Waals surface area contributed by atoms with Gasteiger partial charge in [0.25, 0.3) is 5.91 Å². The number of halogens is 3. The normalized spacial score (nSPS) is 32.2. The van der Waals surface area contributed by atoms with Crippen molar-refractivity contribution in [3.05, 3.63) is 51.8 Å². The number of primary amides is 1. The van der Waals surface area contributed by atoms with Gasteiger partial charge >= 0.3 is 6.18 Å². The third-order valence-corrected chi connectivity index (χ3v) is 10.9. The number of aliphatic hydroxyl groups is 3. The van der Waals surface area contributed by atoms with Crippen molar-refractivity contribution < 1.29 is 48.0 Å². The Morgan fingerprint density at radius 2 is 1.76 bits per heavy atom. The van der Waals surface area contributed by atoms with Crippen LogP contribution < -0.4 is 5.73 Å². The van der Waals surface area contributed by atoms with E-state index in [4.69, 9.17) is 5.73 Å². The summed E-state index contributed by atoms with van der Waals surface area (Å²) in [6.07, 6.45) is -0.181. The van der Waals surface area contributed by atoms with Gasteiger partial charge in [-0.2, -0.15) is 13.2 Å². The van der Waals surface area contributed by atoms with E-state index < -0.39 is 70.1 Å². The summed E-state index contributed by atoms with van der Waals surface area (Å²) in [5.41, 5.74) is 3.93. The number of hydrogen-bond acceptors (Lipinski definition) is 9. The quantitative estimate of drug-likeness (QED) is 0.310. The molecule has 248 valence electrons. The third kappa shape index (κ3) is 4.85. The first kappa shape index (κ1) is 32.3. The molecule has 1 heterocycles. The van der Waals surface area contributed by atoms with Crippen LogP contribution in [-0.2, 0) is 20.8 Å². The van der Waals surface area contributed by atoms with Crippen molar-refractivity contribution in [2.24, 2.45) is 23.5 Å². The van der Waals surface area contributed by atoms with E-state index in [0.29, 0.717) is 37.9 Å². The number of carbonyl (C=O) groups is 3. The van der Waals surface area contributed by atoms with Gasteiger partial charge in [-0.1, -0.05) is 12.1 Å². The van der Waals surface area contributed by atoms with Gasteiger partial charge < -0.3 is 26.2 Å². The lowest BCUT2D eigenvalue weighted by Gasteiger charge is -2.50. The van der Waals surface area contributed by atoms with Gasteiger partial charge in [-0.15, -0.1) is 0 Å². The highest BCUT2D eigenvalue weighted by atomic mass is 19.4. The number of nitrogens with zero attached hydrogens (tertiary/aromatic N) is 2. The Labute approximate surface area is 263 Å². The smallest absolute Gasteiger partial charge is 0.391 e. The van der Waals surface area contributed by atoms with Crippen LogP contribution in [0.5, 0.6) is 5.75 Å². The van der Waals surface area contributed by atoms with Crippen molar-refractivity contribution in [1.29, 1.82) is 0 Å². The molecule has 4 aliphatic carbocycles. The molecule has 10 nitrogen and oxygen atoms in total. The number of rotatable bonds is 4. The van der Waals surface area contributed by atoms with E-state index in [2.05, 4.69) is 4.90 Å². The number of benzene rings is 1. The number of nitrogens with two attached hydrogens (primary N) is 1. The number of amides is 1. The number of Topliss-reactive ketones (excluding diaryl/α,β-unsaturated/α-hetero) is 2. The molecule has 5 aliphatic rings. The largest absolute Gasteiger partial charge is 0.508 e. The van der Waals surface area contributed by atoms with Crippen molar-refractivity contribution in [1.82, 2.24) is 9.80 Å². The molecular weight excluding hydrogens is 607 g/mol. The van der Waals surface area contributed by atoms with Crippen molar-refractivity contribution in [3.8, 4) is 5.75 Å². The van der Waals surface area contributed by atoms with Crippen LogP contribution in [0.1, 0.15) is 55.2 Å². The number of hydrogen-bond donors (Lipinski definition) is 5. The molecule has 0 radical (unpaired) electrons. The van der Waals surface area contributed by atoms with Crippen LogP contribution >= 0.6 is 0 Å². The molecule has 1 aliphatic heterocycles. The molecular formula is C33H38F3N3O7. The average Bonchev–Trinajstić information content (AvgIpc) is 2.98. The van der Waals surface area contributed by atoms with Crippen molar-refractivity contribution in [2.45, 2.75) is 68.8 Å². The van der Waals surface area contributed by atoms with E-state index >= 15 is 0 Å². The topological polar surface area (TPSA) is 165 Å². The lowest BCUT2D eigenvalue weighted by molar-refractivity contribution is -0.184. The van der Waals surface area contributed by atoms with E-state index in [1.807, 2.05) is 6.08 Å². The number of phenols is 1. The molecule has 2 saturated carbocycles. The van der Waals surface area contributed by atoms with E-state index in [-0.39, 0.29) is 48.6 Å². The highest BCUT2D eigenvalue weighted by molar-refractivity contribution is 6.24. The summed E-state index contributed by atoms with van der Waals surface area (Å²) in [5, 5.41) is 45.2. The van der Waals surface area contributed by atoms with Crippen molar-refractivity contribution in [3.63, 3.8) is 0 Å². The van der Waals surface area contributed by atoms with Crippen LogP contribution in [0.15, 0.2) is 35.1 Å². The molecule has 0 aromatic heterocycles. The highest BCUT2D eigenvalue weighted by Gasteiger charge is 2.64. The standard InChI is InChI=1S/C33H38F3N3O7/c1-38(2)26-21-14-16-13-20-19(15-9-11-39(12-10-15)18-5-3-17(4-6-18)33(34,35)36)7-8-22(40)24(20)27(41)23(16)29(43)32(21,46)30(44)25(28(26)42)31(37)45/h7-9,16-18,21,26,40-41,44,46H,3-6,10-14H2,1-2H3,(H2,37,45)/t16-,17?,18?,21-,26-,32-/m0/s1. The Morgan fingerprint density at radius 1 is 1.09 bits per heavy atom. The summed E-state index contributed by atoms with van der Waals surface area (Å²) in [6, 6.07) is 2.05. The zero-order valence-electron chi connectivity index (χ0n) is 25.6. The van der Waals surface area contributed by atoms with Crippen molar-refractivity contribution >= 4 is 28.8 Å². The van der Waals surface area contributed by atoms with Gasteiger partial charge in [0, 0.05) is 30.6 Å². The Balaban J connectivity index is 1.34. The summed E-state index contributed by atoms with van der Waals surface area (Å²) in [5.74, 6) is -8.24. The molecule has 6 rings (SSSR count). The number of ketones is 2. The monoisotopic (exact) mass is 645 g/mol. The number of phenolic OH excluding ortho intramolecular Hbond substituents is 1. The maximum absolute atomic E-state index is 14.0.